The van der Waals surface area contributed by atoms with Gasteiger partial charge in [-0.2, -0.15) is 0 Å². The highest BCUT2D eigenvalue weighted by Crippen LogP contribution is 2.42. The van der Waals surface area contributed by atoms with Gasteiger partial charge in [0.05, 0.1) is 18.9 Å². The van der Waals surface area contributed by atoms with Crippen LogP contribution in [-0.2, 0) is 11.2 Å². The van der Waals surface area contributed by atoms with Gasteiger partial charge in [0.1, 0.15) is 6.10 Å². The van der Waals surface area contributed by atoms with Crippen LogP contribution in [0.4, 0.5) is 11.4 Å². The fourth-order valence-corrected chi connectivity index (χ4v) is 4.16. The molecular formula is C24H24N2O2. The molecule has 0 bridgehead atoms. The third-order valence-corrected chi connectivity index (χ3v) is 5.56. The monoisotopic (exact) mass is 372 g/mol. The fraction of sp³-hybridized carbons (Fsp3) is 0.292. The van der Waals surface area contributed by atoms with Gasteiger partial charge in [-0.25, -0.2) is 4.98 Å². The number of para-hydroxylation sites is 2. The molecule has 0 atom stereocenters. The van der Waals surface area contributed by atoms with Crippen molar-refractivity contribution in [2.45, 2.75) is 25.4 Å². The summed E-state index contributed by atoms with van der Waals surface area (Å²) in [4.78, 5) is 6.87. The van der Waals surface area contributed by atoms with Gasteiger partial charge in [-0.15, -0.1) is 0 Å². The summed E-state index contributed by atoms with van der Waals surface area (Å²) >= 11 is 0. The molecule has 4 heteroatoms. The molecule has 5 rings (SSSR count). The van der Waals surface area contributed by atoms with Gasteiger partial charge in [0.25, 0.3) is 0 Å². The van der Waals surface area contributed by atoms with E-state index < -0.39 is 0 Å². The Kier molecular flexibility index (Phi) is 4.71. The van der Waals surface area contributed by atoms with Crippen LogP contribution < -0.4 is 9.64 Å². The number of anilines is 2. The smallest absolute Gasteiger partial charge is 0.214 e. The summed E-state index contributed by atoms with van der Waals surface area (Å²) < 4.78 is 11.6. The van der Waals surface area contributed by atoms with E-state index in [0.29, 0.717) is 5.88 Å². The van der Waals surface area contributed by atoms with Crippen molar-refractivity contribution in [3.05, 3.63) is 72.4 Å². The molecule has 2 aliphatic rings. The molecule has 0 unspecified atom stereocenters. The summed E-state index contributed by atoms with van der Waals surface area (Å²) in [6.45, 7) is 2.54. The minimum Gasteiger partial charge on any atom is -0.474 e. The molecular weight excluding hydrogens is 348 g/mol. The van der Waals surface area contributed by atoms with E-state index in [4.69, 9.17) is 9.47 Å². The Morgan fingerprint density at radius 1 is 0.964 bits per heavy atom. The first-order valence-corrected chi connectivity index (χ1v) is 10.0. The molecule has 28 heavy (non-hydrogen) atoms. The zero-order valence-corrected chi connectivity index (χ0v) is 15.9. The van der Waals surface area contributed by atoms with Crippen LogP contribution in [0.5, 0.6) is 5.88 Å². The van der Waals surface area contributed by atoms with E-state index in [1.807, 2.05) is 6.20 Å². The number of nitrogens with zero attached hydrogens (tertiary/aromatic N) is 2. The van der Waals surface area contributed by atoms with Crippen LogP contribution in [-0.4, -0.2) is 30.8 Å². The quantitative estimate of drug-likeness (QED) is 0.645. The standard InChI is InChI=1S/C24H24N2O2/c1-2-6-20(7-3-1)26-14-10-18-5-4-8-22(24(18)26)19-9-13-25-23(17-19)28-21-11-15-27-16-12-21/h1-9,13,17,21H,10-12,14-16H2. The van der Waals surface area contributed by atoms with Crippen LogP contribution in [0.1, 0.15) is 18.4 Å². The molecule has 2 aliphatic heterocycles. The summed E-state index contributed by atoms with van der Waals surface area (Å²) in [6, 6.07) is 21.4. The van der Waals surface area contributed by atoms with Crippen molar-refractivity contribution >= 4 is 11.4 Å². The maximum atomic E-state index is 6.14. The van der Waals surface area contributed by atoms with Crippen molar-refractivity contribution in [1.29, 1.82) is 0 Å². The summed E-state index contributed by atoms with van der Waals surface area (Å²) in [7, 11) is 0. The minimum atomic E-state index is 0.193. The van der Waals surface area contributed by atoms with Crippen molar-refractivity contribution in [1.82, 2.24) is 4.98 Å². The number of benzene rings is 2. The fourth-order valence-electron chi connectivity index (χ4n) is 4.16. The van der Waals surface area contributed by atoms with Gasteiger partial charge in [0, 0.05) is 42.9 Å². The van der Waals surface area contributed by atoms with Crippen LogP contribution in [0.3, 0.4) is 0 Å². The third kappa shape index (κ3) is 3.36. The molecule has 1 saturated heterocycles. The van der Waals surface area contributed by atoms with E-state index in [-0.39, 0.29) is 6.10 Å². The molecule has 0 saturated carbocycles. The lowest BCUT2D eigenvalue weighted by Gasteiger charge is -2.24. The molecule has 0 amide bonds. The Labute approximate surface area is 165 Å². The maximum Gasteiger partial charge on any atom is 0.214 e. The molecule has 0 N–H and O–H groups in total. The first-order valence-electron chi connectivity index (χ1n) is 10.0. The Morgan fingerprint density at radius 2 is 1.82 bits per heavy atom. The van der Waals surface area contributed by atoms with E-state index in [2.05, 4.69) is 70.5 Å². The maximum absolute atomic E-state index is 6.14. The lowest BCUT2D eigenvalue weighted by molar-refractivity contribution is 0.0237. The number of fused-ring (bicyclic) bond motifs is 1. The van der Waals surface area contributed by atoms with Gasteiger partial charge >= 0.3 is 0 Å². The Morgan fingerprint density at radius 3 is 2.68 bits per heavy atom. The summed E-state index contributed by atoms with van der Waals surface area (Å²) in [5, 5.41) is 0. The highest BCUT2D eigenvalue weighted by molar-refractivity contribution is 5.86. The number of rotatable bonds is 4. The largest absolute Gasteiger partial charge is 0.474 e. The van der Waals surface area contributed by atoms with Crippen molar-refractivity contribution in [2.24, 2.45) is 0 Å². The van der Waals surface area contributed by atoms with Gasteiger partial charge in [-0.05, 0) is 35.7 Å². The average Bonchev–Trinajstić information content (AvgIpc) is 3.20. The number of hydrogen-bond acceptors (Lipinski definition) is 4. The molecule has 142 valence electrons. The molecule has 1 aromatic heterocycles. The van der Waals surface area contributed by atoms with E-state index in [9.17, 15) is 0 Å². The lowest BCUT2D eigenvalue weighted by Crippen LogP contribution is -2.26. The van der Waals surface area contributed by atoms with E-state index in [1.54, 1.807) is 0 Å². The molecule has 3 heterocycles. The predicted octanol–water partition coefficient (Wildman–Crippen LogP) is 5.00. The van der Waals surface area contributed by atoms with Crippen molar-refractivity contribution in [2.75, 3.05) is 24.7 Å². The summed E-state index contributed by atoms with van der Waals surface area (Å²) in [5.41, 5.74) is 6.32. The van der Waals surface area contributed by atoms with Crippen molar-refractivity contribution < 1.29 is 9.47 Å². The van der Waals surface area contributed by atoms with Gasteiger partial charge in [0.15, 0.2) is 0 Å². The molecule has 4 nitrogen and oxygen atoms in total. The molecule has 0 spiro atoms. The number of ether oxygens (including phenoxy) is 2. The van der Waals surface area contributed by atoms with Crippen LogP contribution >= 0.6 is 0 Å². The Balaban J connectivity index is 1.49. The average molecular weight is 372 g/mol. The predicted molar refractivity (Wildman–Crippen MR) is 111 cm³/mol. The number of pyridine rings is 1. The SMILES string of the molecule is c1ccc(N2CCc3cccc(-c4ccnc(OC5CCOCC5)c4)c32)cc1. The summed E-state index contributed by atoms with van der Waals surface area (Å²) in [5.74, 6) is 0.700. The molecule has 2 aromatic carbocycles. The van der Waals surface area contributed by atoms with E-state index >= 15 is 0 Å². The van der Waals surface area contributed by atoms with Gasteiger partial charge < -0.3 is 14.4 Å². The van der Waals surface area contributed by atoms with Crippen LogP contribution in [0.25, 0.3) is 11.1 Å². The first kappa shape index (κ1) is 17.3. The van der Waals surface area contributed by atoms with E-state index in [1.165, 1.54) is 22.5 Å². The highest BCUT2D eigenvalue weighted by atomic mass is 16.5. The molecule has 0 radical (unpaired) electrons. The van der Waals surface area contributed by atoms with Gasteiger partial charge in [0.2, 0.25) is 5.88 Å². The second kappa shape index (κ2) is 7.64. The highest BCUT2D eigenvalue weighted by Gasteiger charge is 2.24. The third-order valence-electron chi connectivity index (χ3n) is 5.56. The van der Waals surface area contributed by atoms with E-state index in [0.717, 1.165) is 44.6 Å². The molecule has 0 aliphatic carbocycles. The first-order chi connectivity index (χ1) is 13.9. The second-order valence-electron chi connectivity index (χ2n) is 7.36. The molecule has 3 aromatic rings. The normalized spacial score (nSPS) is 16.8. The van der Waals surface area contributed by atoms with Crippen molar-refractivity contribution in [3.8, 4) is 17.0 Å². The van der Waals surface area contributed by atoms with Gasteiger partial charge in [-0.3, -0.25) is 0 Å². The summed E-state index contributed by atoms with van der Waals surface area (Å²) in [6.07, 6.45) is 4.96. The van der Waals surface area contributed by atoms with Crippen LogP contribution in [0, 0.1) is 0 Å². The van der Waals surface area contributed by atoms with Crippen LogP contribution in [0.15, 0.2) is 66.9 Å². The Bertz CT molecular complexity index is 952. The number of hydrogen-bond donors (Lipinski definition) is 0. The minimum absolute atomic E-state index is 0.193. The zero-order valence-electron chi connectivity index (χ0n) is 15.9. The molecule has 1 fully saturated rings. The second-order valence-corrected chi connectivity index (χ2v) is 7.36. The van der Waals surface area contributed by atoms with Gasteiger partial charge in [-0.1, -0.05) is 36.4 Å². The van der Waals surface area contributed by atoms with Crippen LogP contribution in [0.2, 0.25) is 0 Å². The zero-order chi connectivity index (χ0) is 18.8. The number of aromatic nitrogens is 1. The Hall–Kier alpha value is -2.85. The van der Waals surface area contributed by atoms with Crippen molar-refractivity contribution in [3.63, 3.8) is 0 Å². The topological polar surface area (TPSA) is 34.6 Å². The lowest BCUT2D eigenvalue weighted by atomic mass is 10.0.